The minimum absolute atomic E-state index is 0.0229. The number of carbonyl (C=O) groups is 2. The third kappa shape index (κ3) is 5.18. The van der Waals surface area contributed by atoms with Gasteiger partial charge in [0.1, 0.15) is 11.8 Å². The minimum Gasteiger partial charge on any atom is -0.444 e. The molecule has 38 heavy (non-hydrogen) atoms. The number of allylic oxidation sites excluding steroid dienone is 3. The fourth-order valence-electron chi connectivity index (χ4n) is 8.04. The number of nitrogens with zero attached hydrogens (tertiary/aromatic N) is 3. The number of hydrogen-bond acceptors (Lipinski definition) is 6. The molecule has 7 aliphatic rings. The van der Waals surface area contributed by atoms with Gasteiger partial charge in [0, 0.05) is 37.9 Å². The van der Waals surface area contributed by atoms with Gasteiger partial charge in [-0.25, -0.2) is 9.18 Å². The Morgan fingerprint density at radius 3 is 2.42 bits per heavy atom. The van der Waals surface area contributed by atoms with Crippen molar-refractivity contribution in [2.24, 2.45) is 17.8 Å². The topological polar surface area (TPSA) is 77.2 Å². The summed E-state index contributed by atoms with van der Waals surface area (Å²) in [5, 5.41) is 7.00. The van der Waals surface area contributed by atoms with Gasteiger partial charge in [-0.1, -0.05) is 6.08 Å². The maximum absolute atomic E-state index is 14.9. The van der Waals surface area contributed by atoms with E-state index < -0.39 is 24.0 Å². The summed E-state index contributed by atoms with van der Waals surface area (Å²) in [6.45, 7) is 7.10. The first-order valence-electron chi connectivity index (χ1n) is 14.4. The Hall–Kier alpha value is -2.55. The molecular weight excluding hydrogens is 485 g/mol. The molecule has 0 aromatic carbocycles. The Bertz CT molecular complexity index is 1030. The van der Waals surface area contributed by atoms with E-state index in [1.807, 2.05) is 55.0 Å². The SMILES string of the molecule is CC(C)(C)OC(=O)N1CCN(CC2=C3C=CC=CN3C(C(=O)NC34CC5CC(CC(C5)C3)C4)N2)CC(F)C1. The quantitative estimate of drug-likeness (QED) is 0.583. The van der Waals surface area contributed by atoms with Gasteiger partial charge in [0.15, 0.2) is 6.17 Å². The Morgan fingerprint density at radius 1 is 1.08 bits per heavy atom. The summed E-state index contributed by atoms with van der Waals surface area (Å²) >= 11 is 0. The van der Waals surface area contributed by atoms with Crippen LogP contribution in [0.3, 0.4) is 0 Å². The van der Waals surface area contributed by atoms with Crippen LogP contribution in [0.25, 0.3) is 0 Å². The molecule has 7 rings (SSSR count). The Morgan fingerprint density at radius 2 is 1.76 bits per heavy atom. The molecule has 4 aliphatic carbocycles. The van der Waals surface area contributed by atoms with Crippen molar-refractivity contribution in [3.05, 3.63) is 35.8 Å². The molecular formula is C29H42FN5O3. The fraction of sp³-hybridized carbons (Fsp3) is 0.724. The first-order valence-corrected chi connectivity index (χ1v) is 14.4. The van der Waals surface area contributed by atoms with Crippen LogP contribution in [0.5, 0.6) is 0 Å². The van der Waals surface area contributed by atoms with Gasteiger partial charge in [0.25, 0.3) is 5.91 Å². The molecule has 2 N–H and O–H groups in total. The number of hydrogen-bond donors (Lipinski definition) is 2. The van der Waals surface area contributed by atoms with Gasteiger partial charge in [-0.2, -0.15) is 0 Å². The Balaban J connectivity index is 1.12. The van der Waals surface area contributed by atoms with Crippen LogP contribution in [0.4, 0.5) is 9.18 Å². The van der Waals surface area contributed by atoms with Crippen LogP contribution in [0.15, 0.2) is 35.8 Å². The van der Waals surface area contributed by atoms with Crippen molar-refractivity contribution in [1.29, 1.82) is 0 Å². The molecule has 0 aromatic heterocycles. The molecule has 208 valence electrons. The molecule has 9 heteroatoms. The van der Waals surface area contributed by atoms with Crippen molar-refractivity contribution in [2.75, 3.05) is 32.7 Å². The molecule has 4 bridgehead atoms. The van der Waals surface area contributed by atoms with Crippen LogP contribution in [0.1, 0.15) is 59.3 Å². The zero-order chi connectivity index (χ0) is 26.7. The number of nitrogens with one attached hydrogen (secondary N) is 2. The van der Waals surface area contributed by atoms with Gasteiger partial charge in [0.2, 0.25) is 0 Å². The lowest BCUT2D eigenvalue weighted by atomic mass is 9.53. The van der Waals surface area contributed by atoms with Crippen molar-refractivity contribution in [3.63, 3.8) is 0 Å². The van der Waals surface area contributed by atoms with E-state index in [0.717, 1.165) is 48.4 Å². The molecule has 0 radical (unpaired) electrons. The molecule has 2 amide bonds. The first-order chi connectivity index (χ1) is 18.1. The second-order valence-electron chi connectivity index (χ2n) is 13.5. The Kier molecular flexibility index (Phi) is 6.48. The van der Waals surface area contributed by atoms with E-state index in [1.54, 1.807) is 0 Å². The molecule has 2 unspecified atom stereocenters. The van der Waals surface area contributed by atoms with E-state index in [4.69, 9.17) is 4.74 Å². The molecule has 4 saturated carbocycles. The monoisotopic (exact) mass is 527 g/mol. The van der Waals surface area contributed by atoms with E-state index >= 15 is 0 Å². The van der Waals surface area contributed by atoms with Crippen molar-refractivity contribution < 1.29 is 18.7 Å². The van der Waals surface area contributed by atoms with Crippen LogP contribution in [0.2, 0.25) is 0 Å². The van der Waals surface area contributed by atoms with Crippen LogP contribution in [-0.4, -0.2) is 82.9 Å². The summed E-state index contributed by atoms with van der Waals surface area (Å²) in [5.74, 6) is 2.31. The van der Waals surface area contributed by atoms with Crippen molar-refractivity contribution >= 4 is 12.0 Å². The van der Waals surface area contributed by atoms with Gasteiger partial charge in [0.05, 0.1) is 17.9 Å². The van der Waals surface area contributed by atoms with Crippen molar-refractivity contribution in [3.8, 4) is 0 Å². The lowest BCUT2D eigenvalue weighted by Gasteiger charge is -2.57. The largest absolute Gasteiger partial charge is 0.444 e. The molecule has 5 fully saturated rings. The first kappa shape index (κ1) is 25.7. The predicted molar refractivity (Wildman–Crippen MR) is 142 cm³/mol. The zero-order valence-electron chi connectivity index (χ0n) is 22.9. The predicted octanol–water partition coefficient (Wildman–Crippen LogP) is 3.49. The molecule has 0 spiro atoms. The maximum Gasteiger partial charge on any atom is 0.410 e. The second-order valence-corrected chi connectivity index (χ2v) is 13.5. The fourth-order valence-corrected chi connectivity index (χ4v) is 8.04. The molecule has 0 aromatic rings. The summed E-state index contributed by atoms with van der Waals surface area (Å²) in [4.78, 5) is 31.8. The highest BCUT2D eigenvalue weighted by atomic mass is 19.1. The maximum atomic E-state index is 14.9. The average molecular weight is 528 g/mol. The summed E-state index contributed by atoms with van der Waals surface area (Å²) in [5.41, 5.74) is 1.19. The van der Waals surface area contributed by atoms with Crippen LogP contribution < -0.4 is 10.6 Å². The van der Waals surface area contributed by atoms with E-state index in [0.29, 0.717) is 19.6 Å². The normalized spacial score (nSPS) is 36.3. The molecule has 2 atom stereocenters. The van der Waals surface area contributed by atoms with Crippen LogP contribution in [-0.2, 0) is 9.53 Å². The number of carbonyl (C=O) groups excluding carboxylic acids is 2. The number of fused-ring (bicyclic) bond motifs is 1. The van der Waals surface area contributed by atoms with E-state index in [1.165, 1.54) is 24.2 Å². The Labute approximate surface area is 225 Å². The van der Waals surface area contributed by atoms with Crippen molar-refractivity contribution in [1.82, 2.24) is 25.3 Å². The number of halogens is 1. The van der Waals surface area contributed by atoms with E-state index in [9.17, 15) is 14.0 Å². The van der Waals surface area contributed by atoms with E-state index in [2.05, 4.69) is 10.6 Å². The molecule has 1 saturated heterocycles. The zero-order valence-corrected chi connectivity index (χ0v) is 22.9. The van der Waals surface area contributed by atoms with Gasteiger partial charge in [-0.15, -0.1) is 0 Å². The van der Waals surface area contributed by atoms with Crippen LogP contribution >= 0.6 is 0 Å². The lowest BCUT2D eigenvalue weighted by Crippen LogP contribution is -2.63. The highest BCUT2D eigenvalue weighted by molar-refractivity contribution is 5.84. The van der Waals surface area contributed by atoms with Crippen molar-refractivity contribution in [2.45, 2.75) is 82.8 Å². The molecule has 3 aliphatic heterocycles. The second kappa shape index (κ2) is 9.57. The highest BCUT2D eigenvalue weighted by Crippen LogP contribution is 2.55. The summed E-state index contributed by atoms with van der Waals surface area (Å²) in [6, 6.07) is 0. The minimum atomic E-state index is -1.18. The number of amides is 2. The van der Waals surface area contributed by atoms with Gasteiger partial charge in [-0.05, 0) is 89.2 Å². The third-order valence-corrected chi connectivity index (χ3v) is 9.06. The highest BCUT2D eigenvalue weighted by Gasteiger charge is 2.52. The standard InChI is InChI=1S/C29H42FN5O3/c1-28(2,3)38-27(37)34-9-8-33(16-22(30)17-34)18-23-24-6-4-5-7-35(24)25(31-23)26(36)32-29-13-19-10-20(14-29)12-21(11-19)15-29/h4-7,19-22,25,31H,8-18H2,1-3H3,(H,32,36). The summed E-state index contributed by atoms with van der Waals surface area (Å²) in [7, 11) is 0. The number of alkyl halides is 1. The molecule has 3 heterocycles. The van der Waals surface area contributed by atoms with Gasteiger partial charge in [-0.3, -0.25) is 9.69 Å². The lowest BCUT2D eigenvalue weighted by molar-refractivity contribution is -0.131. The third-order valence-electron chi connectivity index (χ3n) is 9.06. The smallest absolute Gasteiger partial charge is 0.410 e. The number of ether oxygens (including phenoxy) is 1. The van der Waals surface area contributed by atoms with Gasteiger partial charge >= 0.3 is 6.09 Å². The summed E-state index contributed by atoms with van der Waals surface area (Å²) < 4.78 is 20.4. The van der Waals surface area contributed by atoms with E-state index in [-0.39, 0.29) is 24.5 Å². The number of rotatable bonds is 4. The molecule has 8 nitrogen and oxygen atoms in total. The average Bonchev–Trinajstić information content (AvgIpc) is 3.06. The van der Waals surface area contributed by atoms with Crippen LogP contribution in [0, 0.1) is 17.8 Å². The van der Waals surface area contributed by atoms with Gasteiger partial charge < -0.3 is 25.2 Å². The summed E-state index contributed by atoms with van der Waals surface area (Å²) in [6.07, 6.45) is 13.1.